The van der Waals surface area contributed by atoms with Gasteiger partial charge in [0.1, 0.15) is 6.61 Å². The molecule has 0 spiro atoms. The fourth-order valence-corrected chi connectivity index (χ4v) is 1.00. The first-order chi connectivity index (χ1) is 6.95. The first-order valence-electron chi connectivity index (χ1n) is 3.97. The molecular formula is C9H8F3NO2. The standard InChI is InChI=1S/C9H8F3NO2/c10-9(11,12)7-3-1-6(2-4-7)8(14)5-15-13/h1-4H,5,13H2. The Labute approximate surface area is 83.6 Å². The highest BCUT2D eigenvalue weighted by molar-refractivity contribution is 5.97. The van der Waals surface area contributed by atoms with Crippen LogP contribution in [0.25, 0.3) is 0 Å². The second kappa shape index (κ2) is 4.41. The van der Waals surface area contributed by atoms with Gasteiger partial charge < -0.3 is 0 Å². The molecule has 0 heterocycles. The quantitative estimate of drug-likeness (QED) is 0.622. The summed E-state index contributed by atoms with van der Waals surface area (Å²) in [5.41, 5.74) is -0.666. The summed E-state index contributed by atoms with van der Waals surface area (Å²) in [6.45, 7) is -0.356. The summed E-state index contributed by atoms with van der Waals surface area (Å²) in [6, 6.07) is 3.85. The summed E-state index contributed by atoms with van der Waals surface area (Å²) in [7, 11) is 0. The molecule has 0 atom stereocenters. The number of carbonyl (C=O) groups excluding carboxylic acids is 1. The van der Waals surface area contributed by atoms with Crippen LogP contribution in [0.3, 0.4) is 0 Å². The van der Waals surface area contributed by atoms with E-state index in [1.807, 2.05) is 0 Å². The second-order valence-corrected chi connectivity index (χ2v) is 2.81. The molecule has 1 aromatic rings. The average molecular weight is 219 g/mol. The number of halogens is 3. The Morgan fingerprint density at radius 2 is 1.80 bits per heavy atom. The van der Waals surface area contributed by atoms with Crippen LogP contribution in [0.2, 0.25) is 0 Å². The van der Waals surface area contributed by atoms with E-state index in [-0.39, 0.29) is 12.2 Å². The molecule has 0 radical (unpaired) electrons. The van der Waals surface area contributed by atoms with Crippen molar-refractivity contribution in [2.75, 3.05) is 6.61 Å². The molecule has 6 heteroatoms. The summed E-state index contributed by atoms with van der Waals surface area (Å²) in [4.78, 5) is 15.2. The zero-order chi connectivity index (χ0) is 11.5. The zero-order valence-electron chi connectivity index (χ0n) is 7.54. The number of nitrogens with two attached hydrogens (primary N) is 1. The van der Waals surface area contributed by atoms with Gasteiger partial charge in [-0.3, -0.25) is 9.63 Å². The molecule has 1 aromatic carbocycles. The molecule has 2 N–H and O–H groups in total. The number of Topliss-reactive ketones (excluding diaryl/α,β-unsaturated/α-hetero) is 1. The van der Waals surface area contributed by atoms with Crippen LogP contribution in [0.5, 0.6) is 0 Å². The van der Waals surface area contributed by atoms with E-state index in [1.54, 1.807) is 0 Å². The van der Waals surface area contributed by atoms with Crippen molar-refractivity contribution in [3.05, 3.63) is 35.4 Å². The fraction of sp³-hybridized carbons (Fsp3) is 0.222. The molecule has 0 saturated carbocycles. The van der Waals surface area contributed by atoms with Crippen LogP contribution >= 0.6 is 0 Å². The fourth-order valence-electron chi connectivity index (χ4n) is 1.00. The van der Waals surface area contributed by atoms with Gasteiger partial charge in [-0.25, -0.2) is 5.90 Å². The van der Waals surface area contributed by atoms with Gasteiger partial charge in [-0.05, 0) is 12.1 Å². The molecular weight excluding hydrogens is 211 g/mol. The van der Waals surface area contributed by atoms with Gasteiger partial charge >= 0.3 is 6.18 Å². The molecule has 0 aliphatic carbocycles. The van der Waals surface area contributed by atoms with Crippen molar-refractivity contribution in [1.29, 1.82) is 0 Å². The molecule has 0 bridgehead atoms. The lowest BCUT2D eigenvalue weighted by Gasteiger charge is -2.06. The summed E-state index contributed by atoms with van der Waals surface area (Å²) in [6.07, 6.45) is -4.40. The van der Waals surface area contributed by atoms with Crippen molar-refractivity contribution in [1.82, 2.24) is 0 Å². The minimum absolute atomic E-state index is 0.133. The van der Waals surface area contributed by atoms with Crippen LogP contribution in [-0.4, -0.2) is 12.4 Å². The Hall–Kier alpha value is -1.40. The highest BCUT2D eigenvalue weighted by Gasteiger charge is 2.30. The van der Waals surface area contributed by atoms with E-state index in [1.165, 1.54) is 0 Å². The number of hydrogen-bond acceptors (Lipinski definition) is 3. The van der Waals surface area contributed by atoms with Crippen molar-refractivity contribution >= 4 is 5.78 Å². The van der Waals surface area contributed by atoms with Gasteiger partial charge in [-0.1, -0.05) is 12.1 Å². The molecule has 0 aliphatic heterocycles. The minimum Gasteiger partial charge on any atom is -0.296 e. The van der Waals surface area contributed by atoms with Gasteiger partial charge in [0, 0.05) is 5.56 Å². The third-order valence-electron chi connectivity index (χ3n) is 1.75. The van der Waals surface area contributed by atoms with Crippen LogP contribution in [0.15, 0.2) is 24.3 Å². The van der Waals surface area contributed by atoms with Gasteiger partial charge in [-0.15, -0.1) is 0 Å². The summed E-state index contributed by atoms with van der Waals surface area (Å²) >= 11 is 0. The number of hydrogen-bond donors (Lipinski definition) is 1. The molecule has 0 amide bonds. The first kappa shape index (κ1) is 11.7. The van der Waals surface area contributed by atoms with Crippen LogP contribution < -0.4 is 5.90 Å². The van der Waals surface area contributed by atoms with Crippen LogP contribution in [0, 0.1) is 0 Å². The van der Waals surface area contributed by atoms with Crippen molar-refractivity contribution in [3.8, 4) is 0 Å². The van der Waals surface area contributed by atoms with Gasteiger partial charge in [0.05, 0.1) is 5.56 Å². The van der Waals surface area contributed by atoms with Crippen LogP contribution in [-0.2, 0) is 11.0 Å². The Morgan fingerprint density at radius 3 is 2.20 bits per heavy atom. The Balaban J connectivity index is 2.86. The maximum absolute atomic E-state index is 12.1. The number of benzene rings is 1. The van der Waals surface area contributed by atoms with E-state index in [9.17, 15) is 18.0 Å². The normalized spacial score (nSPS) is 11.5. The Bertz CT molecular complexity index is 345. The lowest BCUT2D eigenvalue weighted by Crippen LogP contribution is -2.13. The smallest absolute Gasteiger partial charge is 0.296 e. The largest absolute Gasteiger partial charge is 0.416 e. The van der Waals surface area contributed by atoms with Crippen LogP contribution in [0.1, 0.15) is 15.9 Å². The SMILES string of the molecule is NOCC(=O)c1ccc(C(F)(F)F)cc1. The number of rotatable bonds is 3. The molecule has 0 unspecified atom stereocenters. The predicted octanol–water partition coefficient (Wildman–Crippen LogP) is 1.78. The van der Waals surface area contributed by atoms with E-state index in [2.05, 4.69) is 10.7 Å². The van der Waals surface area contributed by atoms with Gasteiger partial charge in [0.25, 0.3) is 0 Å². The lowest BCUT2D eigenvalue weighted by atomic mass is 10.1. The second-order valence-electron chi connectivity index (χ2n) is 2.81. The van der Waals surface area contributed by atoms with Crippen molar-refractivity contribution < 1.29 is 22.8 Å². The zero-order valence-corrected chi connectivity index (χ0v) is 7.54. The third-order valence-corrected chi connectivity index (χ3v) is 1.75. The Kier molecular flexibility index (Phi) is 3.43. The minimum atomic E-state index is -4.40. The Morgan fingerprint density at radius 1 is 1.27 bits per heavy atom. The number of carbonyl (C=O) groups is 1. The number of ketones is 1. The molecule has 0 aliphatic rings. The van der Waals surface area contributed by atoms with E-state index in [0.717, 1.165) is 24.3 Å². The molecule has 1 rings (SSSR count). The molecule has 0 fully saturated rings. The van der Waals surface area contributed by atoms with E-state index in [4.69, 9.17) is 0 Å². The molecule has 0 aromatic heterocycles. The molecule has 3 nitrogen and oxygen atoms in total. The van der Waals surface area contributed by atoms with E-state index < -0.39 is 17.5 Å². The van der Waals surface area contributed by atoms with Crippen molar-refractivity contribution in [3.63, 3.8) is 0 Å². The highest BCUT2D eigenvalue weighted by Crippen LogP contribution is 2.29. The molecule has 15 heavy (non-hydrogen) atoms. The summed E-state index contributed by atoms with van der Waals surface area (Å²) < 4.78 is 36.4. The highest BCUT2D eigenvalue weighted by atomic mass is 19.4. The first-order valence-corrected chi connectivity index (χ1v) is 3.97. The maximum Gasteiger partial charge on any atom is 0.416 e. The van der Waals surface area contributed by atoms with Gasteiger partial charge in [-0.2, -0.15) is 13.2 Å². The van der Waals surface area contributed by atoms with E-state index >= 15 is 0 Å². The van der Waals surface area contributed by atoms with Crippen molar-refractivity contribution in [2.24, 2.45) is 5.90 Å². The number of alkyl halides is 3. The summed E-state index contributed by atoms with van der Waals surface area (Å²) in [5.74, 6) is 4.20. The monoisotopic (exact) mass is 219 g/mol. The van der Waals surface area contributed by atoms with Crippen LogP contribution in [0.4, 0.5) is 13.2 Å². The van der Waals surface area contributed by atoms with Gasteiger partial charge in [0.15, 0.2) is 5.78 Å². The van der Waals surface area contributed by atoms with Gasteiger partial charge in [0.2, 0.25) is 0 Å². The molecule has 82 valence electrons. The maximum atomic E-state index is 12.1. The van der Waals surface area contributed by atoms with Crippen molar-refractivity contribution in [2.45, 2.75) is 6.18 Å². The topological polar surface area (TPSA) is 52.3 Å². The molecule has 0 saturated heterocycles. The third kappa shape index (κ3) is 3.03. The summed E-state index contributed by atoms with van der Waals surface area (Å²) in [5, 5.41) is 0. The average Bonchev–Trinajstić information content (AvgIpc) is 2.17. The predicted molar refractivity (Wildman–Crippen MR) is 45.9 cm³/mol. The van der Waals surface area contributed by atoms with E-state index in [0.29, 0.717) is 0 Å². The lowest BCUT2D eigenvalue weighted by molar-refractivity contribution is -0.137.